The summed E-state index contributed by atoms with van der Waals surface area (Å²) in [7, 11) is -3.32. The van der Waals surface area contributed by atoms with E-state index >= 15 is 0 Å². The third-order valence-electron chi connectivity index (χ3n) is 2.72. The van der Waals surface area contributed by atoms with Gasteiger partial charge in [-0.1, -0.05) is 19.9 Å². The molecule has 6 nitrogen and oxygen atoms in total. The number of nitrogens with two attached hydrogens (primary N) is 2. The first-order valence-corrected chi connectivity index (χ1v) is 8.41. The molecule has 21 heavy (non-hydrogen) atoms. The molecule has 1 amide bonds. The Balaban J connectivity index is 3.03. The molecule has 118 valence electrons. The van der Waals surface area contributed by atoms with Gasteiger partial charge in [-0.05, 0) is 37.5 Å². The molecule has 0 saturated carbocycles. The highest BCUT2D eigenvalue weighted by atomic mass is 32.2. The van der Waals surface area contributed by atoms with Gasteiger partial charge >= 0.3 is 0 Å². The number of hydrogen-bond acceptors (Lipinski definition) is 4. The lowest BCUT2D eigenvalue weighted by Gasteiger charge is -2.11. The van der Waals surface area contributed by atoms with Gasteiger partial charge in [0.2, 0.25) is 0 Å². The summed E-state index contributed by atoms with van der Waals surface area (Å²) in [6, 6.07) is 5.66. The average molecular weight is 313 g/mol. The van der Waals surface area contributed by atoms with Crippen LogP contribution in [-0.2, 0) is 14.7 Å². The Morgan fingerprint density at radius 1 is 1.43 bits per heavy atom. The smallest absolute Gasteiger partial charge is 0.271 e. The topological polar surface area (TPSA) is 108 Å². The highest BCUT2D eigenvalue weighted by molar-refractivity contribution is 7.91. The number of amides is 1. The molecule has 0 aliphatic rings. The molecule has 2 atom stereocenters. The molecular formula is C14H23N3O3S. The van der Waals surface area contributed by atoms with Crippen molar-refractivity contribution in [2.45, 2.75) is 38.1 Å². The molecule has 0 aliphatic carbocycles. The van der Waals surface area contributed by atoms with Gasteiger partial charge in [0.05, 0.1) is 17.5 Å². The van der Waals surface area contributed by atoms with Crippen LogP contribution in [0.15, 0.2) is 33.5 Å². The summed E-state index contributed by atoms with van der Waals surface area (Å²) in [5.74, 6) is 0.134. The van der Waals surface area contributed by atoms with E-state index in [1.165, 1.54) is 6.07 Å². The van der Waals surface area contributed by atoms with Gasteiger partial charge in [-0.25, -0.2) is 9.35 Å². The van der Waals surface area contributed by atoms with Gasteiger partial charge in [0.15, 0.2) is 0 Å². The van der Waals surface area contributed by atoms with E-state index in [-0.39, 0.29) is 10.8 Å². The molecule has 1 aromatic rings. The van der Waals surface area contributed by atoms with Crippen LogP contribution < -0.4 is 15.6 Å². The molecular weight excluding hydrogens is 290 g/mol. The van der Waals surface area contributed by atoms with Gasteiger partial charge in [0.1, 0.15) is 15.7 Å². The first-order valence-electron chi connectivity index (χ1n) is 6.83. The molecule has 7 heteroatoms. The van der Waals surface area contributed by atoms with Crippen molar-refractivity contribution in [1.29, 1.82) is 0 Å². The van der Waals surface area contributed by atoms with Crippen molar-refractivity contribution >= 4 is 15.8 Å². The van der Waals surface area contributed by atoms with Gasteiger partial charge in [-0.15, -0.1) is 4.36 Å². The molecule has 0 fully saturated rings. The van der Waals surface area contributed by atoms with E-state index in [0.717, 1.165) is 0 Å². The molecule has 0 aromatic heterocycles. The monoisotopic (exact) mass is 313 g/mol. The van der Waals surface area contributed by atoms with Crippen LogP contribution in [0.3, 0.4) is 0 Å². The fourth-order valence-corrected chi connectivity index (χ4v) is 2.84. The molecule has 1 aromatic carbocycles. The van der Waals surface area contributed by atoms with Gasteiger partial charge in [-0.3, -0.25) is 4.79 Å². The maximum absolute atomic E-state index is 12.4. The van der Waals surface area contributed by atoms with E-state index in [4.69, 9.17) is 15.6 Å². The second kappa shape index (κ2) is 7.53. The van der Waals surface area contributed by atoms with Crippen LogP contribution in [0.5, 0.6) is 5.75 Å². The van der Waals surface area contributed by atoms with Crippen molar-refractivity contribution in [3.05, 3.63) is 24.3 Å². The summed E-state index contributed by atoms with van der Waals surface area (Å²) in [6.45, 7) is 6.20. The third kappa shape index (κ3) is 5.45. The van der Waals surface area contributed by atoms with Crippen LogP contribution in [0.1, 0.15) is 27.2 Å². The van der Waals surface area contributed by atoms with E-state index in [9.17, 15) is 9.00 Å². The lowest BCUT2D eigenvalue weighted by molar-refractivity contribution is -0.119. The van der Waals surface area contributed by atoms with E-state index in [0.29, 0.717) is 18.8 Å². The Kier molecular flexibility index (Phi) is 6.32. The molecule has 0 radical (unpaired) electrons. The minimum atomic E-state index is -3.32. The van der Waals surface area contributed by atoms with Crippen molar-refractivity contribution < 1.29 is 13.7 Å². The van der Waals surface area contributed by atoms with Gasteiger partial charge in [0, 0.05) is 0 Å². The lowest BCUT2D eigenvalue weighted by atomic mass is 10.0. The van der Waals surface area contributed by atoms with Crippen LogP contribution >= 0.6 is 0 Å². The quantitative estimate of drug-likeness (QED) is 0.833. The average Bonchev–Trinajstić information content (AvgIpc) is 2.38. The minimum Gasteiger partial charge on any atom is -0.494 e. The van der Waals surface area contributed by atoms with Gasteiger partial charge in [0.25, 0.3) is 5.91 Å². The summed E-state index contributed by atoms with van der Waals surface area (Å²) < 4.78 is 21.4. The van der Waals surface area contributed by atoms with E-state index in [1.54, 1.807) is 18.2 Å². The zero-order chi connectivity index (χ0) is 16.0. The largest absolute Gasteiger partial charge is 0.494 e. The highest BCUT2D eigenvalue weighted by Gasteiger charge is 2.18. The SMILES string of the molecule is CCOc1cccc(S(N)(=O)=NC(=O)[C@@H](N)CC(C)C)c1. The second-order valence-corrected chi connectivity index (χ2v) is 6.93. The van der Waals surface area contributed by atoms with Crippen molar-refractivity contribution in [2.24, 2.45) is 21.2 Å². The number of carbonyl (C=O) groups is 1. The van der Waals surface area contributed by atoms with Crippen molar-refractivity contribution in [3.63, 3.8) is 0 Å². The summed E-state index contributed by atoms with van der Waals surface area (Å²) in [4.78, 5) is 12.1. The number of carbonyl (C=O) groups excluding carboxylic acids is 1. The maximum Gasteiger partial charge on any atom is 0.271 e. The zero-order valence-electron chi connectivity index (χ0n) is 12.6. The van der Waals surface area contributed by atoms with Crippen LogP contribution in [0, 0.1) is 5.92 Å². The van der Waals surface area contributed by atoms with Crippen molar-refractivity contribution in [2.75, 3.05) is 6.61 Å². The highest BCUT2D eigenvalue weighted by Crippen LogP contribution is 2.18. The van der Waals surface area contributed by atoms with Gasteiger partial charge < -0.3 is 10.5 Å². The number of ether oxygens (including phenoxy) is 1. The van der Waals surface area contributed by atoms with Crippen LogP contribution in [0.2, 0.25) is 0 Å². The third-order valence-corrected chi connectivity index (χ3v) is 4.10. The standard InChI is InChI=1S/C14H23N3O3S/c1-4-20-11-6-5-7-12(9-11)21(16,19)17-14(18)13(15)8-10(2)3/h5-7,9-10,13H,4,8,15H2,1-3H3,(H2,16,17,18,19)/t13-,21?/m0/s1. The van der Waals surface area contributed by atoms with Crippen molar-refractivity contribution in [1.82, 2.24) is 0 Å². The van der Waals surface area contributed by atoms with Crippen molar-refractivity contribution in [3.8, 4) is 5.75 Å². The lowest BCUT2D eigenvalue weighted by Crippen LogP contribution is -2.32. The molecule has 0 spiro atoms. The first kappa shape index (κ1) is 17.6. The predicted octanol–water partition coefficient (Wildman–Crippen LogP) is 1.69. The maximum atomic E-state index is 12.4. The normalized spacial score (nSPS) is 15.3. The summed E-state index contributed by atoms with van der Waals surface area (Å²) in [5, 5.41) is 5.70. The van der Waals surface area contributed by atoms with Crippen LogP contribution in [-0.4, -0.2) is 22.8 Å². The van der Waals surface area contributed by atoms with Gasteiger partial charge in [-0.2, -0.15) is 0 Å². The van der Waals surface area contributed by atoms with E-state index < -0.39 is 21.9 Å². The molecule has 1 rings (SSSR count). The fourth-order valence-electron chi connectivity index (χ4n) is 1.78. The fraction of sp³-hybridized carbons (Fsp3) is 0.500. The Hall–Kier alpha value is -1.44. The second-order valence-electron chi connectivity index (χ2n) is 5.14. The molecule has 0 aliphatic heterocycles. The minimum absolute atomic E-state index is 0.245. The molecule has 1 unspecified atom stereocenters. The Bertz CT molecular complexity index is 607. The Labute approximate surface area is 126 Å². The summed E-state index contributed by atoms with van der Waals surface area (Å²) >= 11 is 0. The molecule has 0 heterocycles. The van der Waals surface area contributed by atoms with E-state index in [1.807, 2.05) is 20.8 Å². The zero-order valence-corrected chi connectivity index (χ0v) is 13.4. The molecule has 0 saturated heterocycles. The predicted molar refractivity (Wildman–Crippen MR) is 83.1 cm³/mol. The number of rotatable bonds is 6. The first-order chi connectivity index (χ1) is 9.76. The summed E-state index contributed by atoms with van der Waals surface area (Å²) in [5.41, 5.74) is 5.73. The Morgan fingerprint density at radius 3 is 2.67 bits per heavy atom. The van der Waals surface area contributed by atoms with E-state index in [2.05, 4.69) is 4.36 Å². The van der Waals surface area contributed by atoms with Crippen LogP contribution in [0.25, 0.3) is 0 Å². The van der Waals surface area contributed by atoms with Crippen LogP contribution in [0.4, 0.5) is 0 Å². The molecule has 4 N–H and O–H groups in total. The Morgan fingerprint density at radius 2 is 2.10 bits per heavy atom. The number of benzene rings is 1. The number of hydrogen-bond donors (Lipinski definition) is 2. The summed E-state index contributed by atoms with van der Waals surface area (Å²) in [6.07, 6.45) is 0.469. The number of nitrogens with zero attached hydrogens (tertiary/aromatic N) is 1. The molecule has 0 bridgehead atoms.